The van der Waals surface area contributed by atoms with Gasteiger partial charge in [-0.15, -0.1) is 0 Å². The molecule has 1 fully saturated rings. The molecule has 5 aromatic carbocycles. The highest BCUT2D eigenvalue weighted by Crippen LogP contribution is 2.66. The van der Waals surface area contributed by atoms with Gasteiger partial charge >= 0.3 is 0 Å². The first-order chi connectivity index (χ1) is 30.1. The van der Waals surface area contributed by atoms with Gasteiger partial charge in [0.25, 0.3) is 0 Å². The molecule has 0 bridgehead atoms. The summed E-state index contributed by atoms with van der Waals surface area (Å²) in [6.07, 6.45) is 12.2. The molecule has 64 heavy (non-hydrogen) atoms. The van der Waals surface area contributed by atoms with Crippen LogP contribution in [-0.2, 0) is 37.9 Å². The third-order valence-electron chi connectivity index (χ3n) is 20.6. The number of hydrogen-bond acceptors (Lipinski definition) is 2. The lowest BCUT2D eigenvalue weighted by Gasteiger charge is -2.56. The van der Waals surface area contributed by atoms with Gasteiger partial charge in [-0.25, -0.2) is 0 Å². The molecule has 4 heterocycles. The van der Waals surface area contributed by atoms with E-state index < -0.39 is 0 Å². The second-order valence-electron chi connectivity index (χ2n) is 26.4. The van der Waals surface area contributed by atoms with Crippen molar-refractivity contribution in [3.8, 4) is 11.1 Å². The zero-order valence-electron chi connectivity index (χ0n) is 41.5. The van der Waals surface area contributed by atoms with Crippen LogP contribution in [0.1, 0.15) is 199 Å². The quantitative estimate of drug-likeness (QED) is 0.152. The molecular weight excluding hydrogens is 771 g/mol. The number of fused-ring (bicyclic) bond motifs is 15. The number of benzene rings is 5. The van der Waals surface area contributed by atoms with Gasteiger partial charge < -0.3 is 9.80 Å². The van der Waals surface area contributed by atoms with Crippen molar-refractivity contribution in [2.45, 2.75) is 198 Å². The molecule has 8 aliphatic rings. The first-order valence-corrected chi connectivity index (χ1v) is 25.5. The van der Waals surface area contributed by atoms with E-state index in [0.717, 1.165) is 0 Å². The van der Waals surface area contributed by atoms with Crippen LogP contribution in [0.4, 0.5) is 28.4 Å². The molecule has 3 heteroatoms. The Morgan fingerprint density at radius 1 is 0.453 bits per heavy atom. The van der Waals surface area contributed by atoms with Gasteiger partial charge in [0.1, 0.15) is 0 Å². The third-order valence-corrected chi connectivity index (χ3v) is 20.6. The van der Waals surface area contributed by atoms with Crippen LogP contribution in [0.5, 0.6) is 0 Å². The minimum atomic E-state index is -0.0821. The average molecular weight is 843 g/mol. The van der Waals surface area contributed by atoms with E-state index in [2.05, 4.69) is 173 Å². The second kappa shape index (κ2) is 11.8. The summed E-state index contributed by atoms with van der Waals surface area (Å²) in [5.41, 5.74) is 28.1. The highest BCUT2D eigenvalue weighted by atomic mass is 15.3. The van der Waals surface area contributed by atoms with Crippen LogP contribution in [0.3, 0.4) is 0 Å². The van der Waals surface area contributed by atoms with Gasteiger partial charge in [0.2, 0.25) is 6.71 Å². The van der Waals surface area contributed by atoms with Crippen LogP contribution in [-0.4, -0.2) is 12.3 Å². The highest BCUT2D eigenvalue weighted by Gasteiger charge is 2.60. The van der Waals surface area contributed by atoms with E-state index in [1.165, 1.54) is 104 Å². The molecule has 4 aliphatic heterocycles. The van der Waals surface area contributed by atoms with Crippen molar-refractivity contribution in [3.63, 3.8) is 0 Å². The molecule has 2 nitrogen and oxygen atoms in total. The van der Waals surface area contributed by atoms with Crippen molar-refractivity contribution in [1.82, 2.24) is 0 Å². The summed E-state index contributed by atoms with van der Waals surface area (Å²) >= 11 is 0. The van der Waals surface area contributed by atoms with Crippen molar-refractivity contribution in [3.05, 3.63) is 117 Å². The van der Waals surface area contributed by atoms with E-state index in [-0.39, 0.29) is 50.2 Å². The summed E-state index contributed by atoms with van der Waals surface area (Å²) in [6, 6.07) is 30.7. The van der Waals surface area contributed by atoms with Crippen LogP contribution in [0.2, 0.25) is 0 Å². The summed E-state index contributed by atoms with van der Waals surface area (Å²) < 4.78 is 0. The van der Waals surface area contributed by atoms with Crippen LogP contribution in [0, 0.1) is 0 Å². The summed E-state index contributed by atoms with van der Waals surface area (Å²) in [5, 5.41) is 0. The smallest absolute Gasteiger partial charge is 0.248 e. The average Bonchev–Trinajstić information content (AvgIpc) is 3.69. The Labute approximate surface area is 385 Å². The molecule has 0 spiro atoms. The fourth-order valence-electron chi connectivity index (χ4n) is 16.4. The zero-order chi connectivity index (χ0) is 44.7. The van der Waals surface area contributed by atoms with E-state index in [0.29, 0.717) is 0 Å². The zero-order valence-corrected chi connectivity index (χ0v) is 41.5. The molecule has 3 unspecified atom stereocenters. The Morgan fingerprint density at radius 2 is 1.02 bits per heavy atom. The standard InChI is InChI=1S/C61H71BN2/c1-54(2)28-30-57(7,8)48-39(54)22-24-43-47(48)37-34-36(64-45-19-15-14-18-38(45)60(12)26-16-17-27-61(60,64)13)35-46-51(37)62(43)44-25-23-41-50-53(44)63(46)52-42(59(50,11)33-32-56(41,5)6)21-20-40-49(52)58(9,10)31-29-55(40,3)4/h14-15,18-25,34-35H,16-17,26-33H2,1-13H3. The van der Waals surface area contributed by atoms with Crippen LogP contribution >= 0.6 is 0 Å². The predicted molar refractivity (Wildman–Crippen MR) is 273 cm³/mol. The van der Waals surface area contributed by atoms with Gasteiger partial charge in [0.15, 0.2) is 0 Å². The maximum atomic E-state index is 2.95. The Balaban J connectivity index is 1.22. The molecule has 0 saturated heterocycles. The lowest BCUT2D eigenvalue weighted by molar-refractivity contribution is 0.195. The highest BCUT2D eigenvalue weighted by molar-refractivity contribution is 7.01. The van der Waals surface area contributed by atoms with Gasteiger partial charge in [-0.2, -0.15) is 0 Å². The first-order valence-electron chi connectivity index (χ1n) is 25.5. The summed E-state index contributed by atoms with van der Waals surface area (Å²) in [4.78, 5) is 5.84. The Kier molecular flexibility index (Phi) is 7.41. The van der Waals surface area contributed by atoms with Crippen molar-refractivity contribution in [2.75, 3.05) is 9.80 Å². The number of hydrogen-bond donors (Lipinski definition) is 0. The molecule has 13 rings (SSSR count). The Morgan fingerprint density at radius 3 is 1.73 bits per heavy atom. The second-order valence-corrected chi connectivity index (χ2v) is 26.4. The van der Waals surface area contributed by atoms with Crippen LogP contribution in [0.25, 0.3) is 11.1 Å². The Bertz CT molecular complexity index is 2960. The minimum Gasteiger partial charge on any atom is -0.334 e. The van der Waals surface area contributed by atoms with E-state index >= 15 is 0 Å². The van der Waals surface area contributed by atoms with Gasteiger partial charge in [-0.05, 0) is 170 Å². The van der Waals surface area contributed by atoms with E-state index in [4.69, 9.17) is 0 Å². The van der Waals surface area contributed by atoms with Crippen LogP contribution in [0.15, 0.2) is 72.8 Å². The van der Waals surface area contributed by atoms with Gasteiger partial charge in [-0.3, -0.25) is 0 Å². The van der Waals surface area contributed by atoms with Crippen molar-refractivity contribution >= 4 is 51.5 Å². The van der Waals surface area contributed by atoms with Crippen molar-refractivity contribution in [1.29, 1.82) is 0 Å². The molecule has 4 aliphatic carbocycles. The molecule has 1 saturated carbocycles. The maximum Gasteiger partial charge on any atom is 0.248 e. The molecular formula is C61H71BN2. The first kappa shape index (κ1) is 40.1. The fraction of sp³-hybridized carbons (Fsp3) is 0.508. The summed E-state index contributed by atoms with van der Waals surface area (Å²) in [7, 11) is 0. The Hall–Kier alpha value is -4.24. The molecule has 0 N–H and O–H groups in total. The third kappa shape index (κ3) is 4.53. The van der Waals surface area contributed by atoms with Crippen LogP contribution < -0.4 is 26.2 Å². The lowest BCUT2D eigenvalue weighted by Crippen LogP contribution is -2.58. The summed E-state index contributed by atoms with van der Waals surface area (Å²) in [6.45, 7) is 33.5. The predicted octanol–water partition coefficient (Wildman–Crippen LogP) is 14.1. The SMILES string of the molecule is CC1(C)CCC(C)(C)c2c1ccc1c2-c2cc(N3c4ccccc4C4(C)CCCCC34C)cc3c2B1c1ccc2c4c1N3c1c(ccc3c1C(C)(C)CCC3(C)C)C4(C)CCC2(C)C. The maximum absolute atomic E-state index is 2.95. The number of rotatable bonds is 1. The van der Waals surface area contributed by atoms with E-state index in [1.54, 1.807) is 61.0 Å². The number of nitrogens with zero attached hydrogens (tertiary/aromatic N) is 2. The molecule has 5 aromatic rings. The largest absolute Gasteiger partial charge is 0.334 e. The number of anilines is 5. The lowest BCUT2D eigenvalue weighted by atomic mass is 9.36. The van der Waals surface area contributed by atoms with Gasteiger partial charge in [-0.1, -0.05) is 156 Å². The monoisotopic (exact) mass is 843 g/mol. The normalized spacial score (nSPS) is 29.1. The minimum absolute atomic E-state index is 0.0343. The van der Waals surface area contributed by atoms with Crippen molar-refractivity contribution < 1.29 is 0 Å². The fourth-order valence-corrected chi connectivity index (χ4v) is 16.4. The van der Waals surface area contributed by atoms with E-state index in [9.17, 15) is 0 Å². The topological polar surface area (TPSA) is 6.48 Å². The number of para-hydroxylation sites is 1. The molecule has 0 aromatic heterocycles. The van der Waals surface area contributed by atoms with Gasteiger partial charge in [0.05, 0.1) is 11.2 Å². The molecule has 0 radical (unpaired) electrons. The summed E-state index contributed by atoms with van der Waals surface area (Å²) in [5.74, 6) is 0. The molecule has 3 atom stereocenters. The van der Waals surface area contributed by atoms with Crippen molar-refractivity contribution in [2.24, 2.45) is 0 Å². The van der Waals surface area contributed by atoms with E-state index in [1.807, 2.05) is 0 Å². The molecule has 0 amide bonds. The van der Waals surface area contributed by atoms with Gasteiger partial charge in [0, 0.05) is 33.6 Å². The molecule has 328 valence electrons.